The van der Waals surface area contributed by atoms with Gasteiger partial charge in [0.15, 0.2) is 0 Å². The number of rotatable bonds is 3. The Balaban J connectivity index is 0. The first kappa shape index (κ1) is 10.7. The van der Waals surface area contributed by atoms with Crippen LogP contribution in [-0.2, 0) is 4.79 Å². The Hall–Kier alpha value is -0.280. The van der Waals surface area contributed by atoms with Gasteiger partial charge in [0.25, 0.3) is 0 Å². The molecule has 0 unspecified atom stereocenters. The van der Waals surface area contributed by atoms with Crippen molar-refractivity contribution in [3.8, 4) is 0 Å². The van der Waals surface area contributed by atoms with Crippen LogP contribution < -0.4 is 5.73 Å². The van der Waals surface area contributed by atoms with Crippen molar-refractivity contribution >= 4 is 18.4 Å². The van der Waals surface area contributed by atoms with E-state index < -0.39 is 5.97 Å². The van der Waals surface area contributed by atoms with Crippen LogP contribution in [0, 0.1) is 0 Å². The van der Waals surface area contributed by atoms with Gasteiger partial charge >= 0.3 is 5.97 Å². The van der Waals surface area contributed by atoms with Crippen LogP contribution in [0.25, 0.3) is 0 Å². The van der Waals surface area contributed by atoms with Gasteiger partial charge in [-0.1, -0.05) is 0 Å². The molecule has 0 aliphatic heterocycles. The van der Waals surface area contributed by atoms with Gasteiger partial charge in [0.1, 0.15) is 0 Å². The molecule has 0 aliphatic rings. The third kappa shape index (κ3) is 9.21. The summed E-state index contributed by atoms with van der Waals surface area (Å²) in [5.74, 6) is -0.773. The molecule has 0 amide bonds. The Morgan fingerprint density at radius 3 is 2.25 bits per heavy atom. The van der Waals surface area contributed by atoms with Crippen LogP contribution in [0.4, 0.5) is 0 Å². The highest BCUT2D eigenvalue weighted by molar-refractivity contribution is 5.85. The lowest BCUT2D eigenvalue weighted by Gasteiger charge is -1.86. The maximum Gasteiger partial charge on any atom is 0.303 e. The van der Waals surface area contributed by atoms with Crippen LogP contribution in [0.1, 0.15) is 12.8 Å². The van der Waals surface area contributed by atoms with E-state index in [-0.39, 0.29) is 18.8 Å². The highest BCUT2D eigenvalue weighted by Gasteiger charge is 1.91. The maximum atomic E-state index is 9.70. The molecule has 8 heavy (non-hydrogen) atoms. The predicted octanol–water partition coefficient (Wildman–Crippen LogP) is 0.232. The minimum absolute atomic E-state index is 0. The Morgan fingerprint density at radius 2 is 2.12 bits per heavy atom. The van der Waals surface area contributed by atoms with Crippen molar-refractivity contribution in [1.29, 1.82) is 0 Å². The number of aliphatic carboxylic acids is 1. The fourth-order valence-corrected chi connectivity index (χ4v) is 0.253. The van der Waals surface area contributed by atoms with Gasteiger partial charge < -0.3 is 10.8 Å². The summed E-state index contributed by atoms with van der Waals surface area (Å²) >= 11 is 0. The van der Waals surface area contributed by atoms with E-state index in [9.17, 15) is 4.79 Å². The summed E-state index contributed by atoms with van der Waals surface area (Å²) in [6.45, 7) is 0.465. The van der Waals surface area contributed by atoms with Gasteiger partial charge in [-0.2, -0.15) is 0 Å². The van der Waals surface area contributed by atoms with E-state index in [4.69, 9.17) is 10.8 Å². The van der Waals surface area contributed by atoms with E-state index in [1.807, 2.05) is 0 Å². The average Bonchev–Trinajstić information content (AvgIpc) is 1.61. The van der Waals surface area contributed by atoms with Crippen LogP contribution in [0.2, 0.25) is 0 Å². The van der Waals surface area contributed by atoms with E-state index >= 15 is 0 Å². The molecule has 0 aromatic rings. The molecule has 0 saturated carbocycles. The Morgan fingerprint density at radius 1 is 1.62 bits per heavy atom. The number of hydrogen-bond donors (Lipinski definition) is 2. The fourth-order valence-electron chi connectivity index (χ4n) is 0.253. The molecule has 4 heteroatoms. The Bertz CT molecular complexity index is 67.1. The summed E-state index contributed by atoms with van der Waals surface area (Å²) in [7, 11) is 0. The fraction of sp³-hybridized carbons (Fsp3) is 0.750. The summed E-state index contributed by atoms with van der Waals surface area (Å²) in [6, 6.07) is 0. The smallest absolute Gasteiger partial charge is 0.303 e. The SMILES string of the molecule is Cl.NCCCC(=O)O. The monoisotopic (exact) mass is 139 g/mol. The summed E-state index contributed by atoms with van der Waals surface area (Å²) in [5, 5.41) is 7.99. The van der Waals surface area contributed by atoms with Crippen molar-refractivity contribution < 1.29 is 9.90 Å². The maximum absolute atomic E-state index is 9.70. The van der Waals surface area contributed by atoms with Gasteiger partial charge in [-0.3, -0.25) is 4.79 Å². The number of carboxylic acids is 1. The summed E-state index contributed by atoms with van der Waals surface area (Å²) in [6.07, 6.45) is 0.770. The van der Waals surface area contributed by atoms with Gasteiger partial charge in [-0.05, 0) is 13.0 Å². The van der Waals surface area contributed by atoms with Crippen LogP contribution in [0.5, 0.6) is 0 Å². The topological polar surface area (TPSA) is 63.3 Å². The molecule has 0 aromatic carbocycles. The normalized spacial score (nSPS) is 7.62. The number of hydrogen-bond acceptors (Lipinski definition) is 2. The second kappa shape index (κ2) is 6.72. The van der Waals surface area contributed by atoms with E-state index in [0.717, 1.165) is 0 Å². The first-order chi connectivity index (χ1) is 3.27. The third-order valence-electron chi connectivity index (χ3n) is 0.595. The molecular formula is C4H10ClNO2. The molecule has 0 spiro atoms. The van der Waals surface area contributed by atoms with Crippen molar-refractivity contribution in [2.75, 3.05) is 6.54 Å². The summed E-state index contributed by atoms with van der Waals surface area (Å²) < 4.78 is 0. The van der Waals surface area contributed by atoms with E-state index in [2.05, 4.69) is 0 Å². The number of carboxylic acid groups (broad SMARTS) is 1. The van der Waals surface area contributed by atoms with Crippen molar-refractivity contribution in [2.24, 2.45) is 5.73 Å². The zero-order chi connectivity index (χ0) is 5.70. The molecule has 3 N–H and O–H groups in total. The second-order valence-electron chi connectivity index (χ2n) is 1.29. The van der Waals surface area contributed by atoms with Crippen LogP contribution in [0.15, 0.2) is 0 Å². The Kier molecular flexibility index (Phi) is 8.95. The van der Waals surface area contributed by atoms with Gasteiger partial charge in [-0.25, -0.2) is 0 Å². The molecule has 3 nitrogen and oxygen atoms in total. The van der Waals surface area contributed by atoms with Crippen LogP contribution >= 0.6 is 12.4 Å². The van der Waals surface area contributed by atoms with Crippen molar-refractivity contribution in [2.45, 2.75) is 12.8 Å². The quantitative estimate of drug-likeness (QED) is 0.589. The first-order valence-corrected chi connectivity index (χ1v) is 2.19. The average molecular weight is 140 g/mol. The standard InChI is InChI=1S/C4H9NO2.ClH/c5-3-1-2-4(6)7;/h1-3,5H2,(H,6,7);1H. The Labute approximate surface area is 54.3 Å². The van der Waals surface area contributed by atoms with E-state index in [1.54, 1.807) is 0 Å². The zero-order valence-electron chi connectivity index (χ0n) is 4.46. The first-order valence-electron chi connectivity index (χ1n) is 2.19. The molecular weight excluding hydrogens is 130 g/mol. The molecule has 0 atom stereocenters. The molecule has 0 fully saturated rings. The lowest BCUT2D eigenvalue weighted by atomic mass is 10.3. The van der Waals surface area contributed by atoms with Gasteiger partial charge in [0.05, 0.1) is 0 Å². The van der Waals surface area contributed by atoms with Gasteiger partial charge in [0, 0.05) is 6.42 Å². The minimum atomic E-state index is -0.773. The van der Waals surface area contributed by atoms with Gasteiger partial charge in [-0.15, -0.1) is 12.4 Å². The number of carbonyl (C=O) groups is 1. The summed E-state index contributed by atoms with van der Waals surface area (Å²) in [5.41, 5.74) is 5.01. The predicted molar refractivity (Wildman–Crippen MR) is 33.2 cm³/mol. The highest BCUT2D eigenvalue weighted by Crippen LogP contribution is 1.82. The van der Waals surface area contributed by atoms with Crippen LogP contribution in [0.3, 0.4) is 0 Å². The molecule has 0 aromatic heterocycles. The van der Waals surface area contributed by atoms with Gasteiger partial charge in [0.2, 0.25) is 0 Å². The second-order valence-corrected chi connectivity index (χ2v) is 1.29. The van der Waals surface area contributed by atoms with Crippen molar-refractivity contribution in [3.05, 3.63) is 0 Å². The molecule has 50 valence electrons. The molecule has 0 aliphatic carbocycles. The third-order valence-corrected chi connectivity index (χ3v) is 0.595. The molecule has 0 rings (SSSR count). The number of nitrogens with two attached hydrogens (primary N) is 1. The van der Waals surface area contributed by atoms with Crippen molar-refractivity contribution in [3.63, 3.8) is 0 Å². The minimum Gasteiger partial charge on any atom is -0.481 e. The van der Waals surface area contributed by atoms with Crippen molar-refractivity contribution in [1.82, 2.24) is 0 Å². The lowest BCUT2D eigenvalue weighted by Crippen LogP contribution is -2.02. The molecule has 0 radical (unpaired) electrons. The lowest BCUT2D eigenvalue weighted by molar-refractivity contribution is -0.137. The molecule has 0 heterocycles. The van der Waals surface area contributed by atoms with E-state index in [0.29, 0.717) is 13.0 Å². The highest BCUT2D eigenvalue weighted by atomic mass is 35.5. The molecule has 0 saturated heterocycles. The largest absolute Gasteiger partial charge is 0.481 e. The number of halogens is 1. The molecule has 0 bridgehead atoms. The van der Waals surface area contributed by atoms with Crippen LogP contribution in [-0.4, -0.2) is 17.6 Å². The van der Waals surface area contributed by atoms with E-state index in [1.165, 1.54) is 0 Å². The zero-order valence-corrected chi connectivity index (χ0v) is 5.28. The summed E-state index contributed by atoms with van der Waals surface area (Å²) in [4.78, 5) is 9.70.